The van der Waals surface area contributed by atoms with E-state index in [0.29, 0.717) is 23.4 Å². The maximum Gasteiger partial charge on any atom is 0.133 e. The molecule has 1 unspecified atom stereocenters. The van der Waals surface area contributed by atoms with Gasteiger partial charge in [0.05, 0.1) is 11.1 Å². The van der Waals surface area contributed by atoms with Crippen molar-refractivity contribution < 1.29 is 4.74 Å². The van der Waals surface area contributed by atoms with Crippen LogP contribution in [0.2, 0.25) is 5.02 Å². The van der Waals surface area contributed by atoms with Crippen LogP contribution in [0.3, 0.4) is 0 Å². The second kappa shape index (κ2) is 7.41. The zero-order chi connectivity index (χ0) is 12.0. The first-order chi connectivity index (χ1) is 7.63. The first kappa shape index (κ1) is 14.1. The van der Waals surface area contributed by atoms with E-state index < -0.39 is 0 Å². The Morgan fingerprint density at radius 3 is 2.75 bits per heavy atom. The summed E-state index contributed by atoms with van der Waals surface area (Å²) in [5, 5.41) is 0.703. The molecular formula is C12H15BrCl2O. The molecule has 0 radical (unpaired) electrons. The third-order valence-electron chi connectivity index (χ3n) is 2.36. The molecule has 0 heterocycles. The third-order valence-corrected chi connectivity index (χ3v) is 3.44. The molecule has 0 aromatic heterocycles. The summed E-state index contributed by atoms with van der Waals surface area (Å²) in [4.78, 5) is 0. The number of ether oxygens (including phenoxy) is 1. The second-order valence-corrected chi connectivity index (χ2v) is 5.46. The topological polar surface area (TPSA) is 9.23 Å². The van der Waals surface area contributed by atoms with Gasteiger partial charge in [-0.15, -0.1) is 11.6 Å². The summed E-state index contributed by atoms with van der Waals surface area (Å²) in [7, 11) is 0. The second-order valence-electron chi connectivity index (χ2n) is 3.79. The Labute approximate surface area is 115 Å². The van der Waals surface area contributed by atoms with Gasteiger partial charge in [0.25, 0.3) is 0 Å². The third kappa shape index (κ3) is 4.94. The summed E-state index contributed by atoms with van der Waals surface area (Å²) in [5.41, 5.74) is 0. The number of alkyl halides is 1. The van der Waals surface area contributed by atoms with Gasteiger partial charge in [-0.05, 0) is 52.9 Å². The molecule has 0 spiro atoms. The Morgan fingerprint density at radius 1 is 1.38 bits per heavy atom. The molecule has 4 heteroatoms. The van der Waals surface area contributed by atoms with Crippen molar-refractivity contribution in [1.29, 1.82) is 0 Å². The summed E-state index contributed by atoms with van der Waals surface area (Å²) in [6.07, 6.45) is 2.05. The predicted octanol–water partition coefficient (Wildman–Crippen LogP) is 5.14. The summed E-state index contributed by atoms with van der Waals surface area (Å²) < 4.78 is 6.55. The molecule has 0 bridgehead atoms. The van der Waals surface area contributed by atoms with Crippen molar-refractivity contribution in [3.63, 3.8) is 0 Å². The van der Waals surface area contributed by atoms with Crippen LogP contribution in [0.15, 0.2) is 22.7 Å². The lowest BCUT2D eigenvalue weighted by Gasteiger charge is -2.11. The van der Waals surface area contributed by atoms with Gasteiger partial charge in [-0.2, -0.15) is 0 Å². The van der Waals surface area contributed by atoms with E-state index in [4.69, 9.17) is 27.9 Å². The van der Waals surface area contributed by atoms with Gasteiger partial charge in [0.2, 0.25) is 0 Å². The van der Waals surface area contributed by atoms with Gasteiger partial charge >= 0.3 is 0 Å². The van der Waals surface area contributed by atoms with E-state index in [1.165, 1.54) is 0 Å². The average molecular weight is 326 g/mol. The van der Waals surface area contributed by atoms with Crippen molar-refractivity contribution in [1.82, 2.24) is 0 Å². The standard InChI is InChI=1S/C12H15BrCl2O/c1-9(4-6-14)5-7-16-12-3-2-10(15)8-11(12)13/h2-3,8-9H,4-7H2,1H3. The fraction of sp³-hybridized carbons (Fsp3) is 0.500. The molecule has 0 aliphatic rings. The van der Waals surface area contributed by atoms with Crippen LogP contribution in [0, 0.1) is 5.92 Å². The monoisotopic (exact) mass is 324 g/mol. The van der Waals surface area contributed by atoms with Crippen LogP contribution in [0.25, 0.3) is 0 Å². The maximum atomic E-state index is 5.84. The molecule has 1 rings (SSSR count). The first-order valence-corrected chi connectivity index (χ1v) is 6.98. The number of benzene rings is 1. The van der Waals surface area contributed by atoms with E-state index in [-0.39, 0.29) is 0 Å². The Kier molecular flexibility index (Phi) is 6.55. The van der Waals surface area contributed by atoms with Crippen molar-refractivity contribution in [2.24, 2.45) is 5.92 Å². The minimum atomic E-state index is 0.601. The summed E-state index contributed by atoms with van der Waals surface area (Å²) in [6, 6.07) is 5.53. The van der Waals surface area contributed by atoms with Crippen molar-refractivity contribution >= 4 is 39.1 Å². The normalized spacial score (nSPS) is 12.5. The lowest BCUT2D eigenvalue weighted by molar-refractivity contribution is 0.280. The molecule has 0 saturated heterocycles. The van der Waals surface area contributed by atoms with Crippen LogP contribution in [-0.4, -0.2) is 12.5 Å². The van der Waals surface area contributed by atoms with Gasteiger partial charge in [0, 0.05) is 10.9 Å². The highest BCUT2D eigenvalue weighted by Gasteiger charge is 2.04. The minimum absolute atomic E-state index is 0.601. The Bertz CT molecular complexity index is 331. The molecule has 0 N–H and O–H groups in total. The molecule has 1 aromatic rings. The highest BCUT2D eigenvalue weighted by Crippen LogP contribution is 2.28. The SMILES string of the molecule is CC(CCCl)CCOc1ccc(Cl)cc1Br. The van der Waals surface area contributed by atoms with E-state index in [0.717, 1.165) is 23.1 Å². The van der Waals surface area contributed by atoms with Crippen LogP contribution >= 0.6 is 39.1 Å². The molecule has 0 aliphatic heterocycles. The molecule has 16 heavy (non-hydrogen) atoms. The van der Waals surface area contributed by atoms with Gasteiger partial charge < -0.3 is 4.74 Å². The number of hydrogen-bond acceptors (Lipinski definition) is 1. The lowest BCUT2D eigenvalue weighted by Crippen LogP contribution is -2.05. The van der Waals surface area contributed by atoms with E-state index >= 15 is 0 Å². The molecule has 0 amide bonds. The van der Waals surface area contributed by atoms with Crippen LogP contribution in [-0.2, 0) is 0 Å². The van der Waals surface area contributed by atoms with Gasteiger partial charge in [-0.3, -0.25) is 0 Å². The predicted molar refractivity (Wildman–Crippen MR) is 73.8 cm³/mol. The van der Waals surface area contributed by atoms with Crippen molar-refractivity contribution in [2.45, 2.75) is 19.8 Å². The number of hydrogen-bond donors (Lipinski definition) is 0. The first-order valence-electron chi connectivity index (χ1n) is 5.27. The molecule has 1 atom stereocenters. The Balaban J connectivity index is 2.37. The molecule has 90 valence electrons. The largest absolute Gasteiger partial charge is 0.492 e. The highest BCUT2D eigenvalue weighted by molar-refractivity contribution is 9.10. The summed E-state index contributed by atoms with van der Waals surface area (Å²) >= 11 is 14.9. The van der Waals surface area contributed by atoms with E-state index in [1.807, 2.05) is 18.2 Å². The van der Waals surface area contributed by atoms with Crippen LogP contribution < -0.4 is 4.74 Å². The fourth-order valence-corrected chi connectivity index (χ4v) is 2.46. The zero-order valence-electron chi connectivity index (χ0n) is 9.18. The quantitative estimate of drug-likeness (QED) is 0.658. The Morgan fingerprint density at radius 2 is 2.12 bits per heavy atom. The van der Waals surface area contributed by atoms with E-state index in [2.05, 4.69) is 22.9 Å². The van der Waals surface area contributed by atoms with Crippen LogP contribution in [0.1, 0.15) is 19.8 Å². The lowest BCUT2D eigenvalue weighted by atomic mass is 10.1. The smallest absolute Gasteiger partial charge is 0.133 e. The van der Waals surface area contributed by atoms with Gasteiger partial charge in [0.15, 0.2) is 0 Å². The van der Waals surface area contributed by atoms with Gasteiger partial charge in [-0.1, -0.05) is 18.5 Å². The Hall–Kier alpha value is 0.0800. The van der Waals surface area contributed by atoms with Crippen LogP contribution in [0.4, 0.5) is 0 Å². The van der Waals surface area contributed by atoms with E-state index in [1.54, 1.807) is 0 Å². The van der Waals surface area contributed by atoms with Crippen molar-refractivity contribution in [2.75, 3.05) is 12.5 Å². The number of rotatable bonds is 6. The molecule has 0 aliphatic carbocycles. The summed E-state index contributed by atoms with van der Waals surface area (Å²) in [5.74, 6) is 2.15. The zero-order valence-corrected chi connectivity index (χ0v) is 12.3. The molecule has 1 aromatic carbocycles. The van der Waals surface area contributed by atoms with Crippen molar-refractivity contribution in [3.05, 3.63) is 27.7 Å². The van der Waals surface area contributed by atoms with E-state index in [9.17, 15) is 0 Å². The summed E-state index contributed by atoms with van der Waals surface area (Å²) in [6.45, 7) is 2.89. The van der Waals surface area contributed by atoms with Gasteiger partial charge in [0.1, 0.15) is 5.75 Å². The maximum absolute atomic E-state index is 5.84. The molecule has 0 saturated carbocycles. The van der Waals surface area contributed by atoms with Crippen molar-refractivity contribution in [3.8, 4) is 5.75 Å². The average Bonchev–Trinajstić information content (AvgIpc) is 2.22. The molecular weight excluding hydrogens is 311 g/mol. The molecule has 1 nitrogen and oxygen atoms in total. The fourth-order valence-electron chi connectivity index (χ4n) is 1.29. The minimum Gasteiger partial charge on any atom is -0.492 e. The molecule has 0 fully saturated rings. The number of halogens is 3. The highest BCUT2D eigenvalue weighted by atomic mass is 79.9. The van der Waals surface area contributed by atoms with Crippen LogP contribution in [0.5, 0.6) is 5.75 Å². The van der Waals surface area contributed by atoms with Gasteiger partial charge in [-0.25, -0.2) is 0 Å².